The first kappa shape index (κ1) is 18.3. The summed E-state index contributed by atoms with van der Waals surface area (Å²) in [5.41, 5.74) is -0.0761. The first-order chi connectivity index (χ1) is 13.5. The van der Waals surface area contributed by atoms with Gasteiger partial charge in [0.25, 0.3) is 5.91 Å². The van der Waals surface area contributed by atoms with Gasteiger partial charge in [0, 0.05) is 5.56 Å². The van der Waals surface area contributed by atoms with Crippen molar-refractivity contribution in [2.45, 2.75) is 24.5 Å². The number of H-pyrrole nitrogens is 1. The highest BCUT2D eigenvalue weighted by atomic mass is 16.6. The number of anilines is 1. The van der Waals surface area contributed by atoms with Crippen LogP contribution in [0.4, 0.5) is 5.82 Å². The van der Waals surface area contributed by atoms with Gasteiger partial charge in [-0.2, -0.15) is 0 Å². The third-order valence-corrected chi connectivity index (χ3v) is 4.55. The Kier molecular flexibility index (Phi) is 4.65. The smallest absolute Gasteiger partial charge is 0.330 e. The molecule has 3 heterocycles. The van der Waals surface area contributed by atoms with E-state index in [0.717, 1.165) is 10.9 Å². The largest absolute Gasteiger partial charge is 0.394 e. The Morgan fingerprint density at radius 3 is 2.64 bits per heavy atom. The second kappa shape index (κ2) is 7.13. The molecule has 1 saturated heterocycles. The van der Waals surface area contributed by atoms with Crippen molar-refractivity contribution < 1.29 is 24.9 Å². The minimum atomic E-state index is -1.45. The van der Waals surface area contributed by atoms with Gasteiger partial charge in [0.05, 0.1) is 6.61 Å². The lowest BCUT2D eigenvalue weighted by Crippen LogP contribution is -2.34. The molecule has 11 heteroatoms. The van der Waals surface area contributed by atoms with E-state index < -0.39 is 42.7 Å². The predicted molar refractivity (Wildman–Crippen MR) is 95.6 cm³/mol. The molecule has 11 nitrogen and oxygen atoms in total. The number of imidazole rings is 1. The Morgan fingerprint density at radius 1 is 1.21 bits per heavy atom. The quantitative estimate of drug-likeness (QED) is 0.380. The van der Waals surface area contributed by atoms with Gasteiger partial charge in [-0.25, -0.2) is 19.3 Å². The molecule has 1 aromatic carbocycles. The van der Waals surface area contributed by atoms with Crippen LogP contribution in [0.15, 0.2) is 41.5 Å². The molecule has 4 unspecified atom stereocenters. The number of fused-ring (bicyclic) bond motifs is 1. The fourth-order valence-corrected chi connectivity index (χ4v) is 3.13. The van der Waals surface area contributed by atoms with Gasteiger partial charge in [0.2, 0.25) is 0 Å². The van der Waals surface area contributed by atoms with Crippen molar-refractivity contribution in [2.24, 2.45) is 0 Å². The number of rotatable bonds is 4. The van der Waals surface area contributed by atoms with E-state index in [-0.39, 0.29) is 17.0 Å². The van der Waals surface area contributed by atoms with Gasteiger partial charge in [0.1, 0.15) is 30.2 Å². The van der Waals surface area contributed by atoms with Crippen molar-refractivity contribution in [3.8, 4) is 0 Å². The van der Waals surface area contributed by atoms with Crippen molar-refractivity contribution in [2.75, 3.05) is 11.9 Å². The summed E-state index contributed by atoms with van der Waals surface area (Å²) in [6, 6.07) is 8.45. The van der Waals surface area contributed by atoms with Gasteiger partial charge in [-0.15, -0.1) is 0 Å². The molecule has 1 amide bonds. The molecule has 1 fully saturated rings. The van der Waals surface area contributed by atoms with E-state index in [2.05, 4.69) is 20.3 Å². The zero-order valence-electron chi connectivity index (χ0n) is 14.4. The van der Waals surface area contributed by atoms with Gasteiger partial charge in [-0.1, -0.05) is 18.2 Å². The molecule has 0 saturated carbocycles. The average Bonchev–Trinajstić information content (AvgIpc) is 3.19. The van der Waals surface area contributed by atoms with Crippen LogP contribution in [0.25, 0.3) is 11.2 Å². The molecular weight excluding hydrogens is 370 g/mol. The topological polar surface area (TPSA) is 163 Å². The van der Waals surface area contributed by atoms with Crippen LogP contribution in [0.3, 0.4) is 0 Å². The number of carbonyl (C=O) groups is 1. The van der Waals surface area contributed by atoms with Crippen molar-refractivity contribution in [3.63, 3.8) is 0 Å². The van der Waals surface area contributed by atoms with Crippen LogP contribution in [0.5, 0.6) is 0 Å². The number of nitrogens with one attached hydrogen (secondary N) is 2. The summed E-state index contributed by atoms with van der Waals surface area (Å²) in [6.07, 6.45) is -3.98. The minimum Gasteiger partial charge on any atom is -0.394 e. The molecule has 1 aliphatic heterocycles. The molecule has 0 spiro atoms. The second-order valence-corrected chi connectivity index (χ2v) is 6.27. The van der Waals surface area contributed by atoms with Crippen molar-refractivity contribution in [1.82, 2.24) is 19.5 Å². The molecular formula is C17H17N5O6. The number of ether oxygens (including phenoxy) is 1. The molecule has 28 heavy (non-hydrogen) atoms. The Hall–Kier alpha value is -3.12. The van der Waals surface area contributed by atoms with E-state index >= 15 is 0 Å². The normalized spacial score (nSPS) is 24.5. The number of carbonyl (C=O) groups excluding carboxylic acids is 1. The highest BCUT2D eigenvalue weighted by Crippen LogP contribution is 2.30. The number of aromatic nitrogens is 4. The van der Waals surface area contributed by atoms with E-state index in [9.17, 15) is 24.9 Å². The van der Waals surface area contributed by atoms with E-state index in [1.807, 2.05) is 0 Å². The maximum atomic E-state index is 12.5. The summed E-state index contributed by atoms with van der Waals surface area (Å²) >= 11 is 0. The molecule has 4 rings (SSSR count). The summed E-state index contributed by atoms with van der Waals surface area (Å²) in [4.78, 5) is 35.4. The fourth-order valence-electron chi connectivity index (χ4n) is 3.13. The Bertz CT molecular complexity index is 1060. The lowest BCUT2D eigenvalue weighted by Gasteiger charge is -2.15. The highest BCUT2D eigenvalue weighted by molar-refractivity contribution is 6.06. The van der Waals surface area contributed by atoms with Crippen molar-refractivity contribution in [3.05, 3.63) is 52.7 Å². The Morgan fingerprint density at radius 2 is 1.96 bits per heavy atom. The number of hydrogen-bond acceptors (Lipinski definition) is 8. The SMILES string of the molecule is O=C(Nc1ncnc2c1[nH]c(=O)n2C1OC(CO)C(O)C1O)c1ccccc1. The van der Waals surface area contributed by atoms with Crippen molar-refractivity contribution >= 4 is 22.9 Å². The summed E-state index contributed by atoms with van der Waals surface area (Å²) < 4.78 is 6.42. The molecule has 3 aromatic rings. The monoisotopic (exact) mass is 387 g/mol. The van der Waals surface area contributed by atoms with Crippen molar-refractivity contribution in [1.29, 1.82) is 0 Å². The Balaban J connectivity index is 1.72. The molecule has 4 atom stereocenters. The molecule has 146 valence electrons. The van der Waals surface area contributed by atoms with Gasteiger partial charge >= 0.3 is 5.69 Å². The van der Waals surface area contributed by atoms with Crippen LogP contribution in [0, 0.1) is 0 Å². The van der Waals surface area contributed by atoms with E-state index in [1.54, 1.807) is 30.3 Å². The number of aromatic amines is 1. The van der Waals surface area contributed by atoms with Crippen LogP contribution in [-0.4, -0.2) is 65.7 Å². The van der Waals surface area contributed by atoms with Crippen LogP contribution in [0.1, 0.15) is 16.6 Å². The number of benzene rings is 1. The molecule has 5 N–H and O–H groups in total. The molecule has 0 bridgehead atoms. The van der Waals surface area contributed by atoms with Gasteiger partial charge in [-0.3, -0.25) is 4.79 Å². The van der Waals surface area contributed by atoms with Gasteiger partial charge < -0.3 is 30.4 Å². The zero-order valence-corrected chi connectivity index (χ0v) is 14.4. The number of nitrogens with zero attached hydrogens (tertiary/aromatic N) is 3. The molecule has 0 aliphatic carbocycles. The summed E-state index contributed by atoms with van der Waals surface area (Å²) in [5.74, 6) is -0.358. The molecule has 2 aromatic heterocycles. The van der Waals surface area contributed by atoms with Crippen LogP contribution < -0.4 is 11.0 Å². The third kappa shape index (κ3) is 2.96. The minimum absolute atomic E-state index is 0.0678. The van der Waals surface area contributed by atoms with Crippen LogP contribution >= 0.6 is 0 Å². The Labute approximate surface area is 157 Å². The molecule has 0 radical (unpaired) electrons. The van der Waals surface area contributed by atoms with Gasteiger partial charge in [-0.05, 0) is 12.1 Å². The maximum Gasteiger partial charge on any atom is 0.330 e. The zero-order chi connectivity index (χ0) is 19.8. The summed E-state index contributed by atoms with van der Waals surface area (Å²) in [7, 11) is 0. The second-order valence-electron chi connectivity index (χ2n) is 6.27. The van der Waals surface area contributed by atoms with E-state index in [4.69, 9.17) is 4.74 Å². The van der Waals surface area contributed by atoms with Gasteiger partial charge in [0.15, 0.2) is 17.7 Å². The van der Waals surface area contributed by atoms with E-state index in [0.29, 0.717) is 5.56 Å². The summed E-state index contributed by atoms with van der Waals surface area (Å²) in [6.45, 7) is -0.529. The first-order valence-electron chi connectivity index (χ1n) is 8.45. The lowest BCUT2D eigenvalue weighted by molar-refractivity contribution is -0.0524. The highest BCUT2D eigenvalue weighted by Gasteiger charge is 2.44. The standard InChI is InChI=1S/C17H17N5O6/c23-6-9-11(24)12(25)16(28-9)22-14-10(20-17(22)27)13(18-7-19-14)21-15(26)8-4-2-1-3-5-8/h1-5,7,9,11-12,16,23-25H,6H2,(H,20,27)(H,18,19,21,26). The third-order valence-electron chi connectivity index (χ3n) is 4.55. The fraction of sp³-hybridized carbons (Fsp3) is 0.294. The maximum absolute atomic E-state index is 12.5. The first-order valence-corrected chi connectivity index (χ1v) is 8.45. The molecule has 1 aliphatic rings. The van der Waals surface area contributed by atoms with Crippen LogP contribution in [0.2, 0.25) is 0 Å². The lowest BCUT2D eigenvalue weighted by atomic mass is 10.1. The number of amides is 1. The number of aliphatic hydroxyl groups excluding tert-OH is 3. The predicted octanol–water partition coefficient (Wildman–Crippen LogP) is -1.02. The summed E-state index contributed by atoms with van der Waals surface area (Å²) in [5, 5.41) is 32.0. The van der Waals surface area contributed by atoms with E-state index in [1.165, 1.54) is 0 Å². The number of hydrogen-bond donors (Lipinski definition) is 5. The average molecular weight is 387 g/mol. The van der Waals surface area contributed by atoms with Crippen LogP contribution in [-0.2, 0) is 4.74 Å². The number of aliphatic hydroxyl groups is 3.